The molecule has 1 aliphatic rings. The zero-order valence-electron chi connectivity index (χ0n) is 22.3. The lowest BCUT2D eigenvalue weighted by Gasteiger charge is -2.39. The predicted molar refractivity (Wildman–Crippen MR) is 146 cm³/mol. The maximum Gasteiger partial charge on any atom is 0.416 e. The zero-order chi connectivity index (χ0) is 29.2. The van der Waals surface area contributed by atoms with E-state index in [0.717, 1.165) is 17.5 Å². The zero-order valence-corrected chi connectivity index (χ0v) is 22.3. The van der Waals surface area contributed by atoms with Crippen molar-refractivity contribution in [3.05, 3.63) is 83.8 Å². The molecule has 0 saturated carbocycles. The molecule has 9 nitrogen and oxygen atoms in total. The number of anilines is 2. The largest absolute Gasteiger partial charge is 0.416 e. The van der Waals surface area contributed by atoms with Crippen LogP contribution in [-0.4, -0.2) is 63.0 Å². The maximum atomic E-state index is 13.5. The van der Waals surface area contributed by atoms with Gasteiger partial charge >= 0.3 is 6.18 Å². The highest BCUT2D eigenvalue weighted by Crippen LogP contribution is 2.37. The number of aliphatic hydroxyl groups is 1. The SMILES string of the molecule is CC(=O)NCCN(c1cccc(C(=O)N2CCC(O)(c3cccc(C(F)(F)F)c3)CC2)c1)c1ncnc2[nH]ccc12. The molecule has 3 heterocycles. The summed E-state index contributed by atoms with van der Waals surface area (Å²) in [5.41, 5.74) is -0.348. The number of amides is 2. The van der Waals surface area contributed by atoms with Gasteiger partial charge in [-0.1, -0.05) is 18.2 Å². The third-order valence-electron chi connectivity index (χ3n) is 7.31. The monoisotopic (exact) mass is 566 g/mol. The summed E-state index contributed by atoms with van der Waals surface area (Å²) in [7, 11) is 0. The molecular weight excluding hydrogens is 537 g/mol. The fourth-order valence-electron chi connectivity index (χ4n) is 5.12. The first kappa shape index (κ1) is 28.1. The summed E-state index contributed by atoms with van der Waals surface area (Å²) in [4.78, 5) is 40.3. The molecule has 0 radical (unpaired) electrons. The third-order valence-corrected chi connectivity index (χ3v) is 7.31. The van der Waals surface area contributed by atoms with Crippen molar-refractivity contribution in [3.8, 4) is 0 Å². The van der Waals surface area contributed by atoms with Crippen molar-refractivity contribution in [3.63, 3.8) is 0 Å². The highest BCUT2D eigenvalue weighted by molar-refractivity contribution is 5.96. The van der Waals surface area contributed by atoms with Crippen LogP contribution in [0.2, 0.25) is 0 Å². The average Bonchev–Trinajstić information content (AvgIpc) is 3.45. The molecule has 0 spiro atoms. The van der Waals surface area contributed by atoms with Gasteiger partial charge in [0, 0.05) is 50.6 Å². The Morgan fingerprint density at radius 3 is 2.59 bits per heavy atom. The number of hydrogen-bond donors (Lipinski definition) is 3. The second kappa shape index (κ2) is 11.2. The highest BCUT2D eigenvalue weighted by Gasteiger charge is 2.38. The second-order valence-electron chi connectivity index (χ2n) is 10.0. The molecule has 1 fully saturated rings. The first-order chi connectivity index (χ1) is 19.5. The number of rotatable bonds is 7. The fourth-order valence-corrected chi connectivity index (χ4v) is 5.12. The maximum absolute atomic E-state index is 13.5. The number of alkyl halides is 3. The number of halogens is 3. The molecule has 2 amide bonds. The number of carbonyl (C=O) groups excluding carboxylic acids is 2. The molecule has 2 aromatic heterocycles. The molecule has 4 aromatic rings. The Morgan fingerprint density at radius 2 is 1.85 bits per heavy atom. The number of aromatic amines is 1. The summed E-state index contributed by atoms with van der Waals surface area (Å²) in [6, 6.07) is 13.6. The lowest BCUT2D eigenvalue weighted by Crippen LogP contribution is -2.45. The quantitative estimate of drug-likeness (QED) is 0.306. The number of benzene rings is 2. The lowest BCUT2D eigenvalue weighted by atomic mass is 9.83. The van der Waals surface area contributed by atoms with E-state index < -0.39 is 17.3 Å². The molecule has 0 atom stereocenters. The van der Waals surface area contributed by atoms with Crippen molar-refractivity contribution in [2.45, 2.75) is 31.5 Å². The molecule has 41 heavy (non-hydrogen) atoms. The van der Waals surface area contributed by atoms with Crippen LogP contribution in [0.4, 0.5) is 24.7 Å². The van der Waals surface area contributed by atoms with Gasteiger partial charge in [-0.2, -0.15) is 13.2 Å². The molecule has 214 valence electrons. The van der Waals surface area contributed by atoms with E-state index in [1.54, 1.807) is 29.3 Å². The Kier molecular flexibility index (Phi) is 7.68. The van der Waals surface area contributed by atoms with Crippen molar-refractivity contribution in [1.82, 2.24) is 25.2 Å². The van der Waals surface area contributed by atoms with E-state index in [2.05, 4.69) is 20.3 Å². The Morgan fingerprint density at radius 1 is 1.10 bits per heavy atom. The number of likely N-dealkylation sites (tertiary alicyclic amines) is 1. The van der Waals surface area contributed by atoms with Crippen molar-refractivity contribution in [2.24, 2.45) is 0 Å². The number of aromatic nitrogens is 3. The van der Waals surface area contributed by atoms with E-state index >= 15 is 0 Å². The van der Waals surface area contributed by atoms with Gasteiger partial charge in [0.1, 0.15) is 17.8 Å². The number of H-pyrrole nitrogens is 1. The number of fused-ring (bicyclic) bond motifs is 1. The van der Waals surface area contributed by atoms with Gasteiger partial charge in [-0.25, -0.2) is 9.97 Å². The normalized spacial score (nSPS) is 15.1. The van der Waals surface area contributed by atoms with Gasteiger partial charge in [0.15, 0.2) is 0 Å². The van der Waals surface area contributed by atoms with E-state index in [9.17, 15) is 27.9 Å². The van der Waals surface area contributed by atoms with Crippen LogP contribution in [0.1, 0.15) is 41.3 Å². The van der Waals surface area contributed by atoms with Crippen LogP contribution in [0.3, 0.4) is 0 Å². The number of nitrogens with zero attached hydrogens (tertiary/aromatic N) is 4. The van der Waals surface area contributed by atoms with Crippen LogP contribution in [0, 0.1) is 0 Å². The smallest absolute Gasteiger partial charge is 0.385 e. The summed E-state index contributed by atoms with van der Waals surface area (Å²) in [6.07, 6.45) is -1.10. The molecule has 0 unspecified atom stereocenters. The molecule has 2 aromatic carbocycles. The van der Waals surface area contributed by atoms with E-state index in [0.29, 0.717) is 35.8 Å². The molecule has 0 aliphatic carbocycles. The van der Waals surface area contributed by atoms with Gasteiger partial charge in [-0.3, -0.25) is 9.59 Å². The first-order valence-electron chi connectivity index (χ1n) is 13.1. The van der Waals surface area contributed by atoms with Gasteiger partial charge < -0.3 is 25.2 Å². The summed E-state index contributed by atoms with van der Waals surface area (Å²) >= 11 is 0. The Balaban J connectivity index is 1.36. The van der Waals surface area contributed by atoms with Gasteiger partial charge in [-0.15, -0.1) is 0 Å². The van der Waals surface area contributed by atoms with Crippen LogP contribution in [-0.2, 0) is 16.6 Å². The molecule has 3 N–H and O–H groups in total. The van der Waals surface area contributed by atoms with Crippen LogP contribution in [0.5, 0.6) is 0 Å². The van der Waals surface area contributed by atoms with E-state index in [1.807, 2.05) is 17.0 Å². The number of piperidine rings is 1. The molecule has 12 heteroatoms. The van der Waals surface area contributed by atoms with E-state index in [4.69, 9.17) is 0 Å². The first-order valence-corrected chi connectivity index (χ1v) is 13.1. The Bertz CT molecular complexity index is 1560. The van der Waals surface area contributed by atoms with E-state index in [-0.39, 0.29) is 43.3 Å². The minimum absolute atomic E-state index is 0.106. The van der Waals surface area contributed by atoms with Crippen LogP contribution >= 0.6 is 0 Å². The van der Waals surface area contributed by atoms with Gasteiger partial charge in [0.25, 0.3) is 5.91 Å². The summed E-state index contributed by atoms with van der Waals surface area (Å²) < 4.78 is 39.6. The molecule has 1 saturated heterocycles. The third kappa shape index (κ3) is 6.02. The standard InChI is InChI=1S/C29H29F3N6O3/c1-19(39)33-12-15-38(26-24-8-11-34-25(24)35-18-36-26)23-7-2-4-20(16-23)27(40)37-13-9-28(41,10-14-37)21-5-3-6-22(17-21)29(30,31)32/h2-8,11,16-18,41H,9-10,12-15H2,1H3,(H,33,39)(H,34,35,36). The van der Waals surface area contributed by atoms with Crippen molar-refractivity contribution in [2.75, 3.05) is 31.1 Å². The summed E-state index contributed by atoms with van der Waals surface area (Å²) in [5, 5.41) is 14.7. The van der Waals surface area contributed by atoms with Crippen LogP contribution < -0.4 is 10.2 Å². The van der Waals surface area contributed by atoms with Gasteiger partial charge in [0.2, 0.25) is 5.91 Å². The second-order valence-corrected chi connectivity index (χ2v) is 10.0. The van der Waals surface area contributed by atoms with Gasteiger partial charge in [0.05, 0.1) is 16.6 Å². The predicted octanol–water partition coefficient (Wildman–Crippen LogP) is 4.37. The minimum atomic E-state index is -4.51. The lowest BCUT2D eigenvalue weighted by molar-refractivity contribution is -0.137. The summed E-state index contributed by atoms with van der Waals surface area (Å²) in [6.45, 7) is 2.51. The van der Waals surface area contributed by atoms with Crippen molar-refractivity contribution in [1.29, 1.82) is 0 Å². The number of hydrogen-bond acceptors (Lipinski definition) is 6. The fraction of sp³-hybridized carbons (Fsp3) is 0.310. The molecule has 0 bridgehead atoms. The van der Waals surface area contributed by atoms with Gasteiger partial charge in [-0.05, 0) is 54.8 Å². The number of carbonyl (C=O) groups is 2. The number of nitrogens with one attached hydrogen (secondary N) is 2. The highest BCUT2D eigenvalue weighted by atomic mass is 19.4. The topological polar surface area (TPSA) is 114 Å². The molecule has 5 rings (SSSR count). The minimum Gasteiger partial charge on any atom is -0.385 e. The molecule has 1 aliphatic heterocycles. The van der Waals surface area contributed by atoms with Crippen molar-refractivity contribution < 1.29 is 27.9 Å². The average molecular weight is 567 g/mol. The van der Waals surface area contributed by atoms with Crippen molar-refractivity contribution >= 4 is 34.4 Å². The van der Waals surface area contributed by atoms with Crippen LogP contribution in [0.25, 0.3) is 11.0 Å². The Labute approximate surface area is 234 Å². The Hall–Kier alpha value is -4.45. The molecular formula is C29H29F3N6O3. The summed E-state index contributed by atoms with van der Waals surface area (Å²) in [5.74, 6) is 0.183. The van der Waals surface area contributed by atoms with Crippen LogP contribution in [0.15, 0.2) is 67.1 Å². The van der Waals surface area contributed by atoms with E-state index in [1.165, 1.54) is 25.4 Å².